The fraction of sp³-hybridized carbons (Fsp3) is 1.00. The molecule has 0 fully saturated rings. The van der Waals surface area contributed by atoms with Gasteiger partial charge in [-0.2, -0.15) is 0 Å². The van der Waals surface area contributed by atoms with E-state index >= 15 is 0 Å². The Bertz CT molecular complexity index is 59.5. The summed E-state index contributed by atoms with van der Waals surface area (Å²) >= 11 is 0. The summed E-state index contributed by atoms with van der Waals surface area (Å²) in [6.45, 7) is 2.83. The molecule has 0 saturated carbocycles. The molecule has 1 N–H and O–H groups in total. The van der Waals surface area contributed by atoms with E-state index in [4.69, 9.17) is 14.6 Å². The van der Waals surface area contributed by atoms with Gasteiger partial charge in [-0.3, -0.25) is 0 Å². The molecule has 0 radical (unpaired) electrons. The number of ether oxygens (including phenoxy) is 3. The molecule has 0 saturated heterocycles. The highest BCUT2D eigenvalue weighted by atomic mass is 16.8. The van der Waals surface area contributed by atoms with Crippen LogP contribution < -0.4 is 0 Å². The number of rotatable bonds is 8. The van der Waals surface area contributed by atoms with Crippen LogP contribution in [0.4, 0.5) is 0 Å². The smallest absolute Gasteiger partial charge is 0.152 e. The lowest BCUT2D eigenvalue weighted by molar-refractivity contribution is -0.157. The fourth-order valence-electron chi connectivity index (χ4n) is 0.494. The van der Waals surface area contributed by atoms with E-state index in [1.807, 2.05) is 0 Å². The van der Waals surface area contributed by atoms with Gasteiger partial charge in [-0.05, 0) is 6.42 Å². The third-order valence-corrected chi connectivity index (χ3v) is 1.07. The first-order valence-corrected chi connectivity index (χ1v) is 3.76. The van der Waals surface area contributed by atoms with E-state index in [-0.39, 0.29) is 20.4 Å². The highest BCUT2D eigenvalue weighted by molar-refractivity contribution is 4.27. The minimum absolute atomic E-state index is 0.0859. The van der Waals surface area contributed by atoms with Gasteiger partial charge in [0.05, 0.1) is 0 Å². The Morgan fingerprint density at radius 1 is 1.09 bits per heavy atom. The van der Waals surface area contributed by atoms with E-state index in [2.05, 4.69) is 11.7 Å². The first-order chi connectivity index (χ1) is 5.41. The van der Waals surface area contributed by atoms with Crippen LogP contribution in [0.5, 0.6) is 0 Å². The van der Waals surface area contributed by atoms with Crippen molar-refractivity contribution in [1.82, 2.24) is 0 Å². The van der Waals surface area contributed by atoms with Crippen LogP contribution in [0, 0.1) is 0 Å². The number of unbranched alkanes of at least 4 members (excludes halogenated alkanes) is 1. The van der Waals surface area contributed by atoms with Crippen LogP contribution in [0.25, 0.3) is 0 Å². The van der Waals surface area contributed by atoms with Crippen LogP contribution in [-0.4, -0.2) is 32.1 Å². The molecule has 0 aromatic rings. The zero-order valence-electron chi connectivity index (χ0n) is 6.91. The van der Waals surface area contributed by atoms with Gasteiger partial charge in [0.1, 0.15) is 13.6 Å². The van der Waals surface area contributed by atoms with Gasteiger partial charge in [0, 0.05) is 6.61 Å². The molecule has 0 aromatic heterocycles. The lowest BCUT2D eigenvalue weighted by Gasteiger charge is -2.03. The monoisotopic (exact) mass is 164 g/mol. The first-order valence-electron chi connectivity index (χ1n) is 3.76. The maximum atomic E-state index is 8.16. The second kappa shape index (κ2) is 9.84. The van der Waals surface area contributed by atoms with E-state index in [1.54, 1.807) is 0 Å². The number of hydrogen-bond acceptors (Lipinski definition) is 4. The van der Waals surface area contributed by atoms with Crippen molar-refractivity contribution in [1.29, 1.82) is 0 Å². The minimum atomic E-state index is -0.311. The topological polar surface area (TPSA) is 47.9 Å². The molecule has 0 aromatic carbocycles. The molecule has 4 heteroatoms. The van der Waals surface area contributed by atoms with Crippen molar-refractivity contribution < 1.29 is 19.3 Å². The molecular formula is C7H16O4. The third kappa shape index (κ3) is 9.84. The quantitative estimate of drug-likeness (QED) is 0.424. The molecule has 0 aliphatic heterocycles. The zero-order valence-corrected chi connectivity index (χ0v) is 6.91. The Labute approximate surface area is 67.1 Å². The third-order valence-electron chi connectivity index (χ3n) is 1.07. The average molecular weight is 164 g/mol. The SMILES string of the molecule is CCCCOCOCOCO. The Morgan fingerprint density at radius 2 is 1.82 bits per heavy atom. The maximum Gasteiger partial charge on any atom is 0.152 e. The van der Waals surface area contributed by atoms with Gasteiger partial charge >= 0.3 is 0 Å². The van der Waals surface area contributed by atoms with Gasteiger partial charge in [-0.1, -0.05) is 13.3 Å². The zero-order chi connectivity index (χ0) is 8.36. The first kappa shape index (κ1) is 10.8. The van der Waals surface area contributed by atoms with Crippen molar-refractivity contribution in [3.8, 4) is 0 Å². The van der Waals surface area contributed by atoms with E-state index in [1.165, 1.54) is 0 Å². The predicted molar refractivity (Wildman–Crippen MR) is 39.8 cm³/mol. The average Bonchev–Trinajstić information content (AvgIpc) is 2.03. The predicted octanol–water partition coefficient (Wildman–Crippen LogP) is 0.701. The molecule has 0 aliphatic rings. The molecule has 0 bridgehead atoms. The summed E-state index contributed by atoms with van der Waals surface area (Å²) in [7, 11) is 0. The molecule has 0 amide bonds. The Hall–Kier alpha value is -0.160. The molecule has 11 heavy (non-hydrogen) atoms. The lowest BCUT2D eigenvalue weighted by atomic mass is 10.4. The maximum absolute atomic E-state index is 8.16. The highest BCUT2D eigenvalue weighted by Gasteiger charge is 1.86. The van der Waals surface area contributed by atoms with Gasteiger partial charge in [-0.25, -0.2) is 0 Å². The van der Waals surface area contributed by atoms with Crippen LogP contribution >= 0.6 is 0 Å². The summed E-state index contributed by atoms with van der Waals surface area (Å²) in [5.41, 5.74) is 0. The molecule has 0 spiro atoms. The standard InChI is InChI=1S/C7H16O4/c1-2-3-4-9-6-11-7-10-5-8/h8H,2-7H2,1H3. The number of aliphatic hydroxyl groups is 1. The molecule has 0 atom stereocenters. The van der Waals surface area contributed by atoms with Crippen LogP contribution in [0.3, 0.4) is 0 Å². The summed E-state index contributed by atoms with van der Waals surface area (Å²) in [4.78, 5) is 0. The molecule has 0 aliphatic carbocycles. The Morgan fingerprint density at radius 3 is 2.45 bits per heavy atom. The Balaban J connectivity index is 2.69. The van der Waals surface area contributed by atoms with Gasteiger partial charge in [0.2, 0.25) is 0 Å². The summed E-state index contributed by atoms with van der Waals surface area (Å²) in [6.07, 6.45) is 2.16. The van der Waals surface area contributed by atoms with Crippen molar-refractivity contribution in [2.24, 2.45) is 0 Å². The van der Waals surface area contributed by atoms with E-state index in [9.17, 15) is 0 Å². The van der Waals surface area contributed by atoms with Crippen LogP contribution in [-0.2, 0) is 14.2 Å². The molecule has 68 valence electrons. The van der Waals surface area contributed by atoms with Crippen molar-refractivity contribution in [3.05, 3.63) is 0 Å². The summed E-state index contributed by atoms with van der Waals surface area (Å²) in [5, 5.41) is 8.16. The lowest BCUT2D eigenvalue weighted by Crippen LogP contribution is -2.05. The molecule has 0 heterocycles. The van der Waals surface area contributed by atoms with Crippen molar-refractivity contribution in [3.63, 3.8) is 0 Å². The Kier molecular flexibility index (Phi) is 9.70. The van der Waals surface area contributed by atoms with Crippen molar-refractivity contribution >= 4 is 0 Å². The molecule has 0 rings (SSSR count). The van der Waals surface area contributed by atoms with Crippen molar-refractivity contribution in [2.75, 3.05) is 27.0 Å². The van der Waals surface area contributed by atoms with Gasteiger partial charge in [0.15, 0.2) is 6.79 Å². The van der Waals surface area contributed by atoms with E-state index in [0.29, 0.717) is 0 Å². The van der Waals surface area contributed by atoms with Crippen LogP contribution in [0.2, 0.25) is 0 Å². The normalized spacial score (nSPS) is 10.4. The van der Waals surface area contributed by atoms with Gasteiger partial charge in [-0.15, -0.1) is 0 Å². The summed E-state index contributed by atoms with van der Waals surface area (Å²) in [5.74, 6) is 0. The van der Waals surface area contributed by atoms with E-state index in [0.717, 1.165) is 19.4 Å². The molecule has 4 nitrogen and oxygen atoms in total. The second-order valence-corrected chi connectivity index (χ2v) is 2.03. The molecular weight excluding hydrogens is 148 g/mol. The number of aliphatic hydroxyl groups excluding tert-OH is 1. The van der Waals surface area contributed by atoms with Crippen LogP contribution in [0.15, 0.2) is 0 Å². The second-order valence-electron chi connectivity index (χ2n) is 2.03. The largest absolute Gasteiger partial charge is 0.371 e. The summed E-state index contributed by atoms with van der Waals surface area (Å²) in [6, 6.07) is 0. The summed E-state index contributed by atoms with van der Waals surface area (Å²) < 4.78 is 14.3. The minimum Gasteiger partial charge on any atom is -0.371 e. The van der Waals surface area contributed by atoms with Gasteiger partial charge < -0.3 is 19.3 Å². The fourth-order valence-corrected chi connectivity index (χ4v) is 0.494. The van der Waals surface area contributed by atoms with Gasteiger partial charge in [0.25, 0.3) is 0 Å². The number of hydrogen-bond donors (Lipinski definition) is 1. The molecule has 0 unspecified atom stereocenters. The van der Waals surface area contributed by atoms with E-state index < -0.39 is 0 Å². The van der Waals surface area contributed by atoms with Crippen LogP contribution in [0.1, 0.15) is 19.8 Å². The van der Waals surface area contributed by atoms with Crippen molar-refractivity contribution in [2.45, 2.75) is 19.8 Å². The highest BCUT2D eigenvalue weighted by Crippen LogP contribution is 1.87.